The summed E-state index contributed by atoms with van der Waals surface area (Å²) in [5.74, 6) is 0. The predicted molar refractivity (Wildman–Crippen MR) is 81.2 cm³/mol. The van der Waals surface area contributed by atoms with Crippen molar-refractivity contribution in [1.82, 2.24) is 10.2 Å². The first-order valence-electron chi connectivity index (χ1n) is 7.05. The minimum atomic E-state index is 0.172. The normalized spacial score (nSPS) is 12.6. The topological polar surface area (TPSA) is 35.5 Å². The molecule has 3 nitrogen and oxygen atoms in total. The smallest absolute Gasteiger partial charge is 0.0558 e. The molecule has 1 aromatic carbocycles. The van der Waals surface area contributed by atoms with Crippen molar-refractivity contribution >= 4 is 0 Å². The van der Waals surface area contributed by atoms with Crippen LogP contribution in [0.2, 0.25) is 0 Å². The second-order valence-corrected chi connectivity index (χ2v) is 4.64. The Hall–Kier alpha value is -1.16. The number of nitrogens with one attached hydrogen (secondary N) is 1. The molecule has 3 heteroatoms. The first-order valence-corrected chi connectivity index (χ1v) is 7.05. The Morgan fingerprint density at radius 3 is 2.68 bits per heavy atom. The third-order valence-corrected chi connectivity index (χ3v) is 3.14. The van der Waals surface area contributed by atoms with E-state index in [1.165, 1.54) is 5.56 Å². The van der Waals surface area contributed by atoms with Crippen molar-refractivity contribution in [3.8, 4) is 0 Å². The van der Waals surface area contributed by atoms with E-state index in [4.69, 9.17) is 0 Å². The Morgan fingerprint density at radius 2 is 2.11 bits per heavy atom. The standard InChI is InChI=1S/C16H26N2O/c1-3-10-17-14-16(15-8-6-5-7-9-15)18(11-4-2)12-13-19/h4-9,16-17,19H,2-3,10-14H2,1H3. The summed E-state index contributed by atoms with van der Waals surface area (Å²) in [5, 5.41) is 12.7. The molecule has 1 unspecified atom stereocenters. The lowest BCUT2D eigenvalue weighted by molar-refractivity contribution is 0.162. The Morgan fingerprint density at radius 1 is 1.37 bits per heavy atom. The lowest BCUT2D eigenvalue weighted by atomic mass is 10.0. The average Bonchev–Trinajstić information content (AvgIpc) is 2.45. The highest BCUT2D eigenvalue weighted by atomic mass is 16.3. The maximum Gasteiger partial charge on any atom is 0.0558 e. The van der Waals surface area contributed by atoms with E-state index in [0.29, 0.717) is 6.54 Å². The van der Waals surface area contributed by atoms with E-state index in [2.05, 4.69) is 48.0 Å². The maximum absolute atomic E-state index is 9.23. The molecule has 0 bridgehead atoms. The monoisotopic (exact) mass is 262 g/mol. The number of aliphatic hydroxyl groups is 1. The zero-order valence-electron chi connectivity index (χ0n) is 11.9. The van der Waals surface area contributed by atoms with Crippen molar-refractivity contribution in [3.63, 3.8) is 0 Å². The number of nitrogens with zero attached hydrogens (tertiary/aromatic N) is 1. The van der Waals surface area contributed by atoms with Gasteiger partial charge in [-0.2, -0.15) is 0 Å². The molecule has 1 aromatic rings. The van der Waals surface area contributed by atoms with Crippen LogP contribution in [0.15, 0.2) is 43.0 Å². The Bertz CT molecular complexity index is 340. The van der Waals surface area contributed by atoms with Crippen molar-refractivity contribution in [1.29, 1.82) is 0 Å². The summed E-state index contributed by atoms with van der Waals surface area (Å²) >= 11 is 0. The number of hydrogen-bond donors (Lipinski definition) is 2. The molecule has 1 atom stereocenters. The number of hydrogen-bond acceptors (Lipinski definition) is 3. The van der Waals surface area contributed by atoms with Gasteiger partial charge in [0.2, 0.25) is 0 Å². The number of benzene rings is 1. The molecule has 0 amide bonds. The molecule has 1 rings (SSSR count). The minimum absolute atomic E-state index is 0.172. The molecule has 0 radical (unpaired) electrons. The van der Waals surface area contributed by atoms with Gasteiger partial charge < -0.3 is 10.4 Å². The molecule has 0 saturated heterocycles. The minimum Gasteiger partial charge on any atom is -0.395 e. The van der Waals surface area contributed by atoms with Crippen LogP contribution in [0.25, 0.3) is 0 Å². The first kappa shape index (κ1) is 15.9. The van der Waals surface area contributed by atoms with Gasteiger partial charge in [0.1, 0.15) is 0 Å². The summed E-state index contributed by atoms with van der Waals surface area (Å²) in [5.41, 5.74) is 1.28. The van der Waals surface area contributed by atoms with Gasteiger partial charge in [0.05, 0.1) is 6.61 Å². The molecule has 19 heavy (non-hydrogen) atoms. The van der Waals surface area contributed by atoms with Crippen molar-refractivity contribution in [2.75, 3.05) is 32.8 Å². The van der Waals surface area contributed by atoms with E-state index < -0.39 is 0 Å². The Balaban J connectivity index is 2.79. The second-order valence-electron chi connectivity index (χ2n) is 4.64. The van der Waals surface area contributed by atoms with Gasteiger partial charge in [0.25, 0.3) is 0 Å². The van der Waals surface area contributed by atoms with Crippen LogP contribution in [0, 0.1) is 0 Å². The molecule has 0 aromatic heterocycles. The maximum atomic E-state index is 9.23. The Kier molecular flexibility index (Phi) is 8.14. The molecule has 0 saturated carbocycles. The summed E-state index contributed by atoms with van der Waals surface area (Å²) in [6.07, 6.45) is 3.02. The zero-order chi connectivity index (χ0) is 13.9. The summed E-state index contributed by atoms with van der Waals surface area (Å²) in [4.78, 5) is 2.25. The molecule has 0 aliphatic carbocycles. The van der Waals surface area contributed by atoms with Crippen LogP contribution in [0.4, 0.5) is 0 Å². The fourth-order valence-electron chi connectivity index (χ4n) is 2.22. The molecule has 0 heterocycles. The lowest BCUT2D eigenvalue weighted by Crippen LogP contribution is -2.38. The largest absolute Gasteiger partial charge is 0.395 e. The molecular weight excluding hydrogens is 236 g/mol. The lowest BCUT2D eigenvalue weighted by Gasteiger charge is -2.31. The highest BCUT2D eigenvalue weighted by Gasteiger charge is 2.18. The van der Waals surface area contributed by atoms with E-state index in [1.54, 1.807) is 0 Å². The summed E-state index contributed by atoms with van der Waals surface area (Å²) in [7, 11) is 0. The zero-order valence-corrected chi connectivity index (χ0v) is 11.9. The van der Waals surface area contributed by atoms with Crippen LogP contribution in [-0.4, -0.2) is 42.8 Å². The Labute approximate surface area is 116 Å². The quantitative estimate of drug-likeness (QED) is 0.501. The van der Waals surface area contributed by atoms with Gasteiger partial charge in [-0.25, -0.2) is 0 Å². The SMILES string of the molecule is C=CCN(CCO)C(CNCCC)c1ccccc1. The van der Waals surface area contributed by atoms with Crippen LogP contribution < -0.4 is 5.32 Å². The van der Waals surface area contributed by atoms with Gasteiger partial charge in [0.15, 0.2) is 0 Å². The van der Waals surface area contributed by atoms with Gasteiger partial charge in [-0.05, 0) is 18.5 Å². The third kappa shape index (κ3) is 5.55. The average molecular weight is 262 g/mol. The van der Waals surface area contributed by atoms with Crippen molar-refractivity contribution in [2.24, 2.45) is 0 Å². The summed E-state index contributed by atoms with van der Waals surface area (Å²) in [6, 6.07) is 10.7. The molecule has 0 aliphatic rings. The van der Waals surface area contributed by atoms with Crippen LogP contribution in [-0.2, 0) is 0 Å². The van der Waals surface area contributed by atoms with Crippen molar-refractivity contribution in [3.05, 3.63) is 48.6 Å². The van der Waals surface area contributed by atoms with Gasteiger partial charge in [-0.3, -0.25) is 4.90 Å². The van der Waals surface area contributed by atoms with E-state index in [-0.39, 0.29) is 12.6 Å². The third-order valence-electron chi connectivity index (χ3n) is 3.14. The summed E-state index contributed by atoms with van der Waals surface area (Å²) < 4.78 is 0. The molecule has 106 valence electrons. The van der Waals surface area contributed by atoms with Gasteiger partial charge >= 0.3 is 0 Å². The fourth-order valence-corrected chi connectivity index (χ4v) is 2.22. The highest BCUT2D eigenvalue weighted by molar-refractivity contribution is 5.19. The van der Waals surface area contributed by atoms with Crippen molar-refractivity contribution < 1.29 is 5.11 Å². The van der Waals surface area contributed by atoms with Crippen molar-refractivity contribution in [2.45, 2.75) is 19.4 Å². The molecular formula is C16H26N2O. The molecule has 0 aliphatic heterocycles. The van der Waals surface area contributed by atoms with E-state index in [9.17, 15) is 5.11 Å². The number of rotatable bonds is 10. The van der Waals surface area contributed by atoms with Gasteiger partial charge in [-0.15, -0.1) is 6.58 Å². The van der Waals surface area contributed by atoms with Gasteiger partial charge in [0, 0.05) is 25.7 Å². The highest BCUT2D eigenvalue weighted by Crippen LogP contribution is 2.19. The van der Waals surface area contributed by atoms with Crippen LogP contribution in [0.5, 0.6) is 0 Å². The predicted octanol–water partition coefficient (Wildman–Crippen LogP) is 2.21. The van der Waals surface area contributed by atoms with Crippen LogP contribution in [0.3, 0.4) is 0 Å². The second kappa shape index (κ2) is 9.73. The first-order chi connectivity index (χ1) is 9.33. The molecule has 0 fully saturated rings. The summed E-state index contributed by atoms with van der Waals surface area (Å²) in [6.45, 7) is 9.51. The molecule has 2 N–H and O–H groups in total. The van der Waals surface area contributed by atoms with E-state index >= 15 is 0 Å². The fraction of sp³-hybridized carbons (Fsp3) is 0.500. The molecule has 0 spiro atoms. The van der Waals surface area contributed by atoms with Gasteiger partial charge in [-0.1, -0.05) is 43.3 Å². The van der Waals surface area contributed by atoms with Crippen LogP contribution in [0.1, 0.15) is 24.9 Å². The number of aliphatic hydroxyl groups excluding tert-OH is 1. The van der Waals surface area contributed by atoms with Crippen LogP contribution >= 0.6 is 0 Å². The van der Waals surface area contributed by atoms with E-state index in [1.807, 2.05) is 12.1 Å². The van der Waals surface area contributed by atoms with E-state index in [0.717, 1.165) is 26.1 Å².